The number of nitrogens with zero attached hydrogens (tertiary/aromatic N) is 1. The Morgan fingerprint density at radius 1 is 1.50 bits per heavy atom. The predicted molar refractivity (Wildman–Crippen MR) is 77.0 cm³/mol. The third-order valence-corrected chi connectivity index (χ3v) is 4.95. The van der Waals surface area contributed by atoms with Crippen molar-refractivity contribution in [3.05, 3.63) is 0 Å². The molecule has 3 nitrogen and oxygen atoms in total. The Bertz CT molecular complexity index is 286. The molecule has 1 amide bonds. The number of hydrogen-bond donors (Lipinski definition) is 1. The zero-order valence-corrected chi connectivity index (χ0v) is 12.7. The quantitative estimate of drug-likeness (QED) is 0.835. The van der Waals surface area contributed by atoms with E-state index >= 15 is 0 Å². The standard InChI is InChI=1S/C14H26N2O.ClH/c1-11(14(2)7-8-14)16(3)13(17)5-4-12-6-9-15-10-12;/h11-12,15H,4-10H2,1-3H3;1H. The van der Waals surface area contributed by atoms with E-state index in [1.54, 1.807) is 0 Å². The molecular formula is C14H27ClN2O. The van der Waals surface area contributed by atoms with Crippen molar-refractivity contribution in [3.8, 4) is 0 Å². The molecule has 1 aliphatic heterocycles. The molecule has 0 aromatic carbocycles. The lowest BCUT2D eigenvalue weighted by Gasteiger charge is -2.30. The molecule has 2 fully saturated rings. The van der Waals surface area contributed by atoms with Crippen LogP contribution in [0.25, 0.3) is 0 Å². The van der Waals surface area contributed by atoms with Crippen LogP contribution in [0.2, 0.25) is 0 Å². The van der Waals surface area contributed by atoms with Gasteiger partial charge in [0.15, 0.2) is 0 Å². The van der Waals surface area contributed by atoms with Crippen LogP contribution in [0, 0.1) is 11.3 Å². The van der Waals surface area contributed by atoms with Crippen LogP contribution in [0.15, 0.2) is 0 Å². The van der Waals surface area contributed by atoms with Crippen molar-refractivity contribution in [3.63, 3.8) is 0 Å². The number of carbonyl (C=O) groups is 1. The van der Waals surface area contributed by atoms with Gasteiger partial charge in [0.05, 0.1) is 0 Å². The first-order chi connectivity index (χ1) is 8.03. The molecule has 18 heavy (non-hydrogen) atoms. The van der Waals surface area contributed by atoms with E-state index in [2.05, 4.69) is 19.2 Å². The predicted octanol–water partition coefficient (Wildman–Crippen LogP) is 2.44. The van der Waals surface area contributed by atoms with Gasteiger partial charge in [-0.2, -0.15) is 0 Å². The van der Waals surface area contributed by atoms with Crippen molar-refractivity contribution in [1.29, 1.82) is 0 Å². The molecule has 0 radical (unpaired) electrons. The normalized spacial score (nSPS) is 26.3. The van der Waals surface area contributed by atoms with Gasteiger partial charge in [-0.15, -0.1) is 12.4 Å². The smallest absolute Gasteiger partial charge is 0.222 e. The van der Waals surface area contributed by atoms with E-state index in [0.717, 1.165) is 31.8 Å². The number of amides is 1. The molecular weight excluding hydrogens is 248 g/mol. The zero-order chi connectivity index (χ0) is 12.5. The summed E-state index contributed by atoms with van der Waals surface area (Å²) >= 11 is 0. The summed E-state index contributed by atoms with van der Waals surface area (Å²) in [6.07, 6.45) is 5.57. The Kier molecular flexibility index (Phi) is 5.47. The fourth-order valence-electron chi connectivity index (χ4n) is 2.76. The third-order valence-electron chi connectivity index (χ3n) is 4.95. The topological polar surface area (TPSA) is 32.3 Å². The van der Waals surface area contributed by atoms with Gasteiger partial charge in [-0.3, -0.25) is 4.79 Å². The summed E-state index contributed by atoms with van der Waals surface area (Å²) in [5.41, 5.74) is 0.402. The lowest BCUT2D eigenvalue weighted by molar-refractivity contribution is -0.133. The van der Waals surface area contributed by atoms with Crippen LogP contribution in [0.4, 0.5) is 0 Å². The van der Waals surface area contributed by atoms with E-state index in [9.17, 15) is 4.79 Å². The van der Waals surface area contributed by atoms with Crippen molar-refractivity contribution < 1.29 is 4.79 Å². The van der Waals surface area contributed by atoms with Crippen LogP contribution in [-0.4, -0.2) is 37.0 Å². The van der Waals surface area contributed by atoms with Gasteiger partial charge in [0.1, 0.15) is 0 Å². The molecule has 2 unspecified atom stereocenters. The maximum atomic E-state index is 12.1. The van der Waals surface area contributed by atoms with Crippen LogP contribution in [-0.2, 0) is 4.79 Å². The summed E-state index contributed by atoms with van der Waals surface area (Å²) in [5, 5.41) is 3.36. The van der Waals surface area contributed by atoms with E-state index in [1.807, 2.05) is 11.9 Å². The Hall–Kier alpha value is -0.280. The maximum absolute atomic E-state index is 12.1. The minimum atomic E-state index is 0. The lowest BCUT2D eigenvalue weighted by Crippen LogP contribution is -2.40. The van der Waals surface area contributed by atoms with Crippen molar-refractivity contribution >= 4 is 18.3 Å². The number of nitrogens with one attached hydrogen (secondary N) is 1. The number of carbonyl (C=O) groups excluding carboxylic acids is 1. The second-order valence-corrected chi connectivity index (χ2v) is 6.23. The van der Waals surface area contributed by atoms with Gasteiger partial charge < -0.3 is 10.2 Å². The van der Waals surface area contributed by atoms with Crippen molar-refractivity contribution in [1.82, 2.24) is 10.2 Å². The second-order valence-electron chi connectivity index (χ2n) is 6.23. The summed E-state index contributed by atoms with van der Waals surface area (Å²) in [7, 11) is 1.98. The van der Waals surface area contributed by atoms with Gasteiger partial charge in [0, 0.05) is 19.5 Å². The van der Waals surface area contributed by atoms with Crippen molar-refractivity contribution in [2.24, 2.45) is 11.3 Å². The number of hydrogen-bond acceptors (Lipinski definition) is 2. The first-order valence-corrected chi connectivity index (χ1v) is 6.99. The molecule has 1 N–H and O–H groups in total. The van der Waals surface area contributed by atoms with Crippen LogP contribution >= 0.6 is 12.4 Å². The van der Waals surface area contributed by atoms with Gasteiger partial charge >= 0.3 is 0 Å². The summed E-state index contributed by atoms with van der Waals surface area (Å²) in [6, 6.07) is 0.400. The Labute approximate surface area is 117 Å². The Morgan fingerprint density at radius 2 is 2.17 bits per heavy atom. The molecule has 0 aromatic heterocycles. The summed E-state index contributed by atoms with van der Waals surface area (Å²) in [5.74, 6) is 1.05. The van der Waals surface area contributed by atoms with Gasteiger partial charge in [0.2, 0.25) is 5.91 Å². The summed E-state index contributed by atoms with van der Waals surface area (Å²) in [6.45, 7) is 6.72. The molecule has 1 saturated carbocycles. The van der Waals surface area contributed by atoms with Gasteiger partial charge in [-0.1, -0.05) is 6.92 Å². The highest BCUT2D eigenvalue weighted by molar-refractivity contribution is 5.85. The molecule has 1 saturated heterocycles. The van der Waals surface area contributed by atoms with E-state index in [1.165, 1.54) is 19.3 Å². The fraction of sp³-hybridized carbons (Fsp3) is 0.929. The summed E-state index contributed by atoms with van der Waals surface area (Å²) < 4.78 is 0. The maximum Gasteiger partial charge on any atom is 0.222 e. The van der Waals surface area contributed by atoms with E-state index in [-0.39, 0.29) is 12.4 Å². The van der Waals surface area contributed by atoms with Crippen LogP contribution in [0.5, 0.6) is 0 Å². The van der Waals surface area contributed by atoms with E-state index in [0.29, 0.717) is 17.4 Å². The molecule has 1 heterocycles. The highest BCUT2D eigenvalue weighted by atomic mass is 35.5. The number of halogens is 1. The first-order valence-electron chi connectivity index (χ1n) is 6.99. The third kappa shape index (κ3) is 3.61. The average molecular weight is 275 g/mol. The SMILES string of the molecule is CC(N(C)C(=O)CCC1CCNC1)C1(C)CC1.Cl. The Balaban J connectivity index is 0.00000162. The molecule has 2 rings (SSSR count). The first kappa shape index (κ1) is 15.8. The molecule has 0 spiro atoms. The highest BCUT2D eigenvalue weighted by Crippen LogP contribution is 2.49. The van der Waals surface area contributed by atoms with Crippen LogP contribution < -0.4 is 5.32 Å². The van der Waals surface area contributed by atoms with Crippen LogP contribution in [0.3, 0.4) is 0 Å². The van der Waals surface area contributed by atoms with Crippen LogP contribution in [0.1, 0.15) is 46.0 Å². The molecule has 2 atom stereocenters. The molecule has 1 aliphatic carbocycles. The average Bonchev–Trinajstić information content (AvgIpc) is 2.87. The van der Waals surface area contributed by atoms with Gasteiger partial charge in [-0.05, 0) is 57.0 Å². The summed E-state index contributed by atoms with van der Waals surface area (Å²) in [4.78, 5) is 14.1. The second kappa shape index (κ2) is 6.25. The molecule has 4 heteroatoms. The van der Waals surface area contributed by atoms with Gasteiger partial charge in [-0.25, -0.2) is 0 Å². The van der Waals surface area contributed by atoms with Crippen molar-refractivity contribution in [2.75, 3.05) is 20.1 Å². The van der Waals surface area contributed by atoms with E-state index < -0.39 is 0 Å². The molecule has 106 valence electrons. The monoisotopic (exact) mass is 274 g/mol. The largest absolute Gasteiger partial charge is 0.343 e. The van der Waals surface area contributed by atoms with Gasteiger partial charge in [0.25, 0.3) is 0 Å². The highest BCUT2D eigenvalue weighted by Gasteiger charge is 2.45. The Morgan fingerprint density at radius 3 is 2.67 bits per heavy atom. The minimum Gasteiger partial charge on any atom is -0.343 e. The lowest BCUT2D eigenvalue weighted by atomic mass is 9.98. The fourth-order valence-corrected chi connectivity index (χ4v) is 2.76. The number of rotatable bonds is 5. The molecule has 2 aliphatic rings. The van der Waals surface area contributed by atoms with Crippen molar-refractivity contribution in [2.45, 2.75) is 52.0 Å². The molecule has 0 aromatic rings. The minimum absolute atomic E-state index is 0. The zero-order valence-electron chi connectivity index (χ0n) is 11.9. The molecule has 0 bridgehead atoms. The van der Waals surface area contributed by atoms with E-state index in [4.69, 9.17) is 0 Å².